The van der Waals surface area contributed by atoms with Gasteiger partial charge in [-0.05, 0) is 50.2 Å². The highest BCUT2D eigenvalue weighted by molar-refractivity contribution is 6.14. The fraction of sp³-hybridized carbons (Fsp3) is 0.0909. The molecule has 0 bridgehead atoms. The van der Waals surface area contributed by atoms with Crippen molar-refractivity contribution in [1.29, 1.82) is 0 Å². The minimum atomic E-state index is -0.468. The van der Waals surface area contributed by atoms with E-state index >= 15 is 0 Å². The molecule has 1 aromatic heterocycles. The highest BCUT2D eigenvalue weighted by atomic mass is 16.5. The van der Waals surface area contributed by atoms with Crippen molar-refractivity contribution in [3.05, 3.63) is 88.6 Å². The Morgan fingerprint density at radius 1 is 1.04 bits per heavy atom. The van der Waals surface area contributed by atoms with Crippen LogP contribution in [0.1, 0.15) is 37.8 Å². The number of rotatable bonds is 3. The van der Waals surface area contributed by atoms with Gasteiger partial charge in [0.2, 0.25) is 5.78 Å². The summed E-state index contributed by atoms with van der Waals surface area (Å²) in [6, 6.07) is 15.4. The summed E-state index contributed by atoms with van der Waals surface area (Å²) in [6.07, 6.45) is 1.55. The maximum Gasteiger partial charge on any atom is 0.343 e. The average Bonchev–Trinajstić information content (AvgIpc) is 3.18. The summed E-state index contributed by atoms with van der Waals surface area (Å²) >= 11 is 0. The molecule has 1 aliphatic rings. The number of esters is 1. The lowest BCUT2D eigenvalue weighted by Gasteiger charge is -2.06. The van der Waals surface area contributed by atoms with Crippen LogP contribution in [0.25, 0.3) is 6.08 Å². The Bertz CT molecular complexity index is 1090. The van der Waals surface area contributed by atoms with E-state index < -0.39 is 5.97 Å². The van der Waals surface area contributed by atoms with Gasteiger partial charge >= 0.3 is 5.97 Å². The molecule has 0 saturated carbocycles. The third-order valence-corrected chi connectivity index (χ3v) is 4.14. The van der Waals surface area contributed by atoms with Crippen LogP contribution in [0.15, 0.2) is 64.8 Å². The number of aryl methyl sites for hydroxylation is 2. The standard InChI is InChI=1S/C22H16O5/c1-13-4-3-5-15(10-13)22(24)26-17-8-9-18-19(11-17)27-20(21(18)23)12-16-7-6-14(2)25-16/h3-12H,1-2H3/b20-12-. The lowest BCUT2D eigenvalue weighted by molar-refractivity contribution is 0.0734. The first kappa shape index (κ1) is 16.8. The van der Waals surface area contributed by atoms with Crippen LogP contribution in [-0.4, -0.2) is 11.8 Å². The van der Waals surface area contributed by atoms with Crippen LogP contribution in [0.5, 0.6) is 11.5 Å². The van der Waals surface area contributed by atoms with E-state index in [1.165, 1.54) is 6.07 Å². The highest BCUT2D eigenvalue weighted by Crippen LogP contribution is 2.35. The molecule has 5 heteroatoms. The molecule has 0 unspecified atom stereocenters. The molecule has 2 heterocycles. The fourth-order valence-corrected chi connectivity index (χ4v) is 2.83. The smallest absolute Gasteiger partial charge is 0.343 e. The predicted octanol–water partition coefficient (Wildman–Crippen LogP) is 4.73. The molecule has 2 aromatic carbocycles. The Morgan fingerprint density at radius 2 is 1.89 bits per heavy atom. The predicted molar refractivity (Wildman–Crippen MR) is 99.0 cm³/mol. The molecule has 3 aromatic rings. The molecular weight excluding hydrogens is 344 g/mol. The van der Waals surface area contributed by atoms with E-state index in [1.54, 1.807) is 42.5 Å². The molecule has 1 aliphatic heterocycles. The number of furan rings is 1. The van der Waals surface area contributed by atoms with Crippen molar-refractivity contribution >= 4 is 17.8 Å². The van der Waals surface area contributed by atoms with Crippen molar-refractivity contribution in [2.24, 2.45) is 0 Å². The van der Waals surface area contributed by atoms with E-state index in [2.05, 4.69) is 0 Å². The van der Waals surface area contributed by atoms with Gasteiger partial charge in [-0.2, -0.15) is 0 Å². The fourth-order valence-electron chi connectivity index (χ4n) is 2.83. The number of hydrogen-bond donors (Lipinski definition) is 0. The lowest BCUT2D eigenvalue weighted by atomic mass is 10.1. The minimum Gasteiger partial charge on any atom is -0.462 e. The monoisotopic (exact) mass is 360 g/mol. The van der Waals surface area contributed by atoms with Gasteiger partial charge in [-0.15, -0.1) is 0 Å². The van der Waals surface area contributed by atoms with Crippen molar-refractivity contribution in [3.63, 3.8) is 0 Å². The molecule has 0 fully saturated rings. The molecule has 0 saturated heterocycles. The zero-order valence-electron chi connectivity index (χ0n) is 14.8. The average molecular weight is 360 g/mol. The number of Topliss-reactive ketones (excluding diaryl/α,β-unsaturated/α-hetero) is 1. The van der Waals surface area contributed by atoms with E-state index in [0.717, 1.165) is 11.3 Å². The first-order valence-corrected chi connectivity index (χ1v) is 8.43. The molecule has 5 nitrogen and oxygen atoms in total. The number of hydrogen-bond acceptors (Lipinski definition) is 5. The Hall–Kier alpha value is -3.60. The van der Waals surface area contributed by atoms with Crippen LogP contribution in [0.3, 0.4) is 0 Å². The van der Waals surface area contributed by atoms with Gasteiger partial charge in [-0.25, -0.2) is 4.79 Å². The normalized spacial score (nSPS) is 14.1. The second-order valence-corrected chi connectivity index (χ2v) is 6.31. The van der Waals surface area contributed by atoms with Crippen LogP contribution in [-0.2, 0) is 0 Å². The van der Waals surface area contributed by atoms with Crippen molar-refractivity contribution in [1.82, 2.24) is 0 Å². The molecule has 4 rings (SSSR count). The van der Waals surface area contributed by atoms with Gasteiger partial charge in [0.15, 0.2) is 5.76 Å². The van der Waals surface area contributed by atoms with Gasteiger partial charge in [0.1, 0.15) is 23.0 Å². The number of ether oxygens (including phenoxy) is 2. The topological polar surface area (TPSA) is 65.7 Å². The molecule has 0 atom stereocenters. The third-order valence-electron chi connectivity index (χ3n) is 4.14. The summed E-state index contributed by atoms with van der Waals surface area (Å²) in [5.41, 5.74) is 1.84. The van der Waals surface area contributed by atoms with Gasteiger partial charge in [-0.1, -0.05) is 17.7 Å². The first-order chi connectivity index (χ1) is 13.0. The van der Waals surface area contributed by atoms with Gasteiger partial charge in [0.25, 0.3) is 0 Å². The van der Waals surface area contributed by atoms with Crippen molar-refractivity contribution in [2.45, 2.75) is 13.8 Å². The van der Waals surface area contributed by atoms with Crippen LogP contribution in [0.4, 0.5) is 0 Å². The van der Waals surface area contributed by atoms with Gasteiger partial charge in [-0.3, -0.25) is 4.79 Å². The van der Waals surface area contributed by atoms with Gasteiger partial charge in [0.05, 0.1) is 11.1 Å². The molecule has 0 aliphatic carbocycles. The number of benzene rings is 2. The maximum absolute atomic E-state index is 12.5. The van der Waals surface area contributed by atoms with Crippen LogP contribution >= 0.6 is 0 Å². The second kappa shape index (κ2) is 6.61. The molecule has 0 spiro atoms. The Labute approximate surface area is 155 Å². The van der Waals surface area contributed by atoms with Crippen molar-refractivity contribution < 1.29 is 23.5 Å². The van der Waals surface area contributed by atoms with Crippen molar-refractivity contribution in [3.8, 4) is 11.5 Å². The number of carbonyl (C=O) groups is 2. The summed E-state index contributed by atoms with van der Waals surface area (Å²) in [4.78, 5) is 24.7. The summed E-state index contributed by atoms with van der Waals surface area (Å²) in [7, 11) is 0. The molecule has 134 valence electrons. The number of fused-ring (bicyclic) bond motifs is 1. The van der Waals surface area contributed by atoms with E-state index in [9.17, 15) is 9.59 Å². The largest absolute Gasteiger partial charge is 0.462 e. The van der Waals surface area contributed by atoms with Crippen LogP contribution < -0.4 is 9.47 Å². The number of carbonyl (C=O) groups excluding carboxylic acids is 2. The molecule has 27 heavy (non-hydrogen) atoms. The summed E-state index contributed by atoms with van der Waals surface area (Å²) in [6.45, 7) is 3.73. The van der Waals surface area contributed by atoms with E-state index in [4.69, 9.17) is 13.9 Å². The van der Waals surface area contributed by atoms with Gasteiger partial charge < -0.3 is 13.9 Å². The van der Waals surface area contributed by atoms with E-state index in [1.807, 2.05) is 26.0 Å². The molecule has 0 amide bonds. The minimum absolute atomic E-state index is 0.168. The lowest BCUT2D eigenvalue weighted by Crippen LogP contribution is -2.08. The molecular formula is C22H16O5. The number of ketones is 1. The quantitative estimate of drug-likeness (QED) is 0.384. The summed E-state index contributed by atoms with van der Waals surface area (Å²) in [5.74, 6) is 1.40. The zero-order valence-corrected chi connectivity index (χ0v) is 14.8. The zero-order chi connectivity index (χ0) is 19.0. The van der Waals surface area contributed by atoms with E-state index in [0.29, 0.717) is 28.4 Å². The second-order valence-electron chi connectivity index (χ2n) is 6.31. The molecule has 0 radical (unpaired) electrons. The summed E-state index contributed by atoms with van der Waals surface area (Å²) in [5, 5.41) is 0. The van der Waals surface area contributed by atoms with Crippen LogP contribution in [0.2, 0.25) is 0 Å². The first-order valence-electron chi connectivity index (χ1n) is 8.43. The maximum atomic E-state index is 12.5. The van der Waals surface area contributed by atoms with Crippen LogP contribution in [0, 0.1) is 13.8 Å². The van der Waals surface area contributed by atoms with E-state index in [-0.39, 0.29) is 11.5 Å². The SMILES string of the molecule is Cc1cccc(C(=O)Oc2ccc3c(c2)O/C(=C\c2ccc(C)o2)C3=O)c1. The number of allylic oxidation sites excluding steroid dienone is 1. The Morgan fingerprint density at radius 3 is 2.63 bits per heavy atom. The Balaban J connectivity index is 1.56. The summed E-state index contributed by atoms with van der Waals surface area (Å²) < 4.78 is 16.5. The molecule has 0 N–H and O–H groups in total. The van der Waals surface area contributed by atoms with Gasteiger partial charge in [0, 0.05) is 12.1 Å². The highest BCUT2D eigenvalue weighted by Gasteiger charge is 2.28. The Kier molecular flexibility index (Phi) is 4.12. The third kappa shape index (κ3) is 3.40. The van der Waals surface area contributed by atoms with Crippen molar-refractivity contribution in [2.75, 3.05) is 0 Å².